The van der Waals surface area contributed by atoms with Crippen molar-refractivity contribution in [1.29, 1.82) is 0 Å². The summed E-state index contributed by atoms with van der Waals surface area (Å²) < 4.78 is 0. The number of anilines is 2. The zero-order chi connectivity index (χ0) is 27.5. The normalized spacial score (nSPS) is 14.6. The lowest BCUT2D eigenvalue weighted by atomic mass is 10.00. The molecular weight excluding hydrogens is 551 g/mol. The number of likely N-dealkylation sites (N-methyl/N-ethyl adjacent to an activating group) is 1. The predicted molar refractivity (Wildman–Crippen MR) is 161 cm³/mol. The minimum absolute atomic E-state index is 0.0731. The number of thiocarbonyl (C=S) groups is 1. The van der Waals surface area contributed by atoms with Gasteiger partial charge in [0.2, 0.25) is 6.17 Å². The summed E-state index contributed by atoms with van der Waals surface area (Å²) in [4.78, 5) is 32.4. The minimum atomic E-state index is -1.04. The second-order valence-corrected chi connectivity index (χ2v) is 10.0. The van der Waals surface area contributed by atoms with Crippen molar-refractivity contribution >= 4 is 69.3 Å². The highest BCUT2D eigenvalue weighted by atomic mass is 35.5. The molecule has 0 saturated carbocycles. The molecule has 0 bridgehead atoms. The van der Waals surface area contributed by atoms with Crippen molar-refractivity contribution in [1.82, 2.24) is 5.32 Å². The molecule has 39 heavy (non-hydrogen) atoms. The zero-order valence-corrected chi connectivity index (χ0v) is 23.0. The average Bonchev–Trinajstić information content (AvgIpc) is 3.04. The van der Waals surface area contributed by atoms with Gasteiger partial charge in [-0.2, -0.15) is 0 Å². The van der Waals surface area contributed by atoms with E-state index in [0.29, 0.717) is 49.4 Å². The highest BCUT2D eigenvalue weighted by molar-refractivity contribution is 7.80. The van der Waals surface area contributed by atoms with Crippen LogP contribution in [0.4, 0.5) is 11.4 Å². The number of carbonyl (C=O) groups is 2. The number of hydrogen-bond acceptors (Lipinski definition) is 4. The SMILES string of the molecule is CN1C(=O)C(NC(=S)Nc2ccc(C(=O)c3ccccc3)cc2)N=C(c2ccccc2Cl)c2cc(Cl)ccc21. The minimum Gasteiger partial charge on any atom is -0.333 e. The predicted octanol–water partition coefficient (Wildman–Crippen LogP) is 6.35. The average molecular weight is 574 g/mol. The summed E-state index contributed by atoms with van der Waals surface area (Å²) in [5.74, 6) is -0.385. The molecule has 0 fully saturated rings. The fourth-order valence-corrected chi connectivity index (χ4v) is 4.89. The van der Waals surface area contributed by atoms with Crippen LogP contribution >= 0.6 is 35.4 Å². The van der Waals surface area contributed by atoms with Crippen molar-refractivity contribution in [2.45, 2.75) is 6.17 Å². The van der Waals surface area contributed by atoms with Gasteiger partial charge in [0.05, 0.1) is 11.4 Å². The van der Waals surface area contributed by atoms with Gasteiger partial charge in [-0.05, 0) is 60.7 Å². The van der Waals surface area contributed by atoms with E-state index < -0.39 is 6.17 Å². The number of nitrogens with zero attached hydrogens (tertiary/aromatic N) is 2. The first-order valence-electron chi connectivity index (χ1n) is 12.0. The van der Waals surface area contributed by atoms with Gasteiger partial charge in [0.25, 0.3) is 5.91 Å². The Labute approximate surface area is 241 Å². The molecule has 2 N–H and O–H groups in total. The van der Waals surface area contributed by atoms with Crippen LogP contribution in [0.1, 0.15) is 27.0 Å². The van der Waals surface area contributed by atoms with Crippen LogP contribution in [0.3, 0.4) is 0 Å². The fourth-order valence-electron chi connectivity index (χ4n) is 4.26. The summed E-state index contributed by atoms with van der Waals surface area (Å²) >= 11 is 18.4. The van der Waals surface area contributed by atoms with Crippen LogP contribution in [-0.4, -0.2) is 35.7 Å². The molecule has 4 aromatic carbocycles. The van der Waals surface area contributed by atoms with E-state index in [0.717, 1.165) is 0 Å². The maximum Gasteiger partial charge on any atom is 0.272 e. The Balaban J connectivity index is 1.40. The molecule has 0 spiro atoms. The topological polar surface area (TPSA) is 73.8 Å². The number of benzene rings is 4. The Morgan fingerprint density at radius 1 is 0.872 bits per heavy atom. The highest BCUT2D eigenvalue weighted by Gasteiger charge is 2.31. The Kier molecular flexibility index (Phi) is 7.74. The Bertz CT molecular complexity index is 1610. The molecule has 0 radical (unpaired) electrons. The third-order valence-electron chi connectivity index (χ3n) is 6.24. The Morgan fingerprint density at radius 2 is 1.54 bits per heavy atom. The number of nitrogens with one attached hydrogen (secondary N) is 2. The van der Waals surface area contributed by atoms with Crippen LogP contribution in [-0.2, 0) is 4.79 Å². The molecule has 1 unspecified atom stereocenters. The van der Waals surface area contributed by atoms with Gasteiger partial charge in [0.1, 0.15) is 0 Å². The van der Waals surface area contributed by atoms with Crippen molar-refractivity contribution in [2.75, 3.05) is 17.3 Å². The number of carbonyl (C=O) groups excluding carboxylic acids is 2. The highest BCUT2D eigenvalue weighted by Crippen LogP contribution is 2.31. The van der Waals surface area contributed by atoms with Crippen molar-refractivity contribution < 1.29 is 9.59 Å². The number of halogens is 2. The van der Waals surface area contributed by atoms with E-state index in [-0.39, 0.29) is 16.8 Å². The van der Waals surface area contributed by atoms with E-state index in [1.165, 1.54) is 4.90 Å². The monoisotopic (exact) mass is 572 g/mol. The van der Waals surface area contributed by atoms with E-state index in [1.807, 2.05) is 36.4 Å². The molecule has 0 aliphatic carbocycles. The molecule has 1 atom stereocenters. The van der Waals surface area contributed by atoms with Crippen molar-refractivity contribution in [3.63, 3.8) is 0 Å². The van der Waals surface area contributed by atoms with Gasteiger partial charge in [-0.3, -0.25) is 9.59 Å². The lowest BCUT2D eigenvalue weighted by Gasteiger charge is -2.22. The van der Waals surface area contributed by atoms with Crippen LogP contribution in [0.25, 0.3) is 0 Å². The lowest BCUT2D eigenvalue weighted by molar-refractivity contribution is -0.119. The summed E-state index contributed by atoms with van der Waals surface area (Å²) in [5.41, 5.74) is 4.31. The molecule has 9 heteroatoms. The number of rotatable bonds is 5. The van der Waals surface area contributed by atoms with E-state index in [4.69, 9.17) is 40.4 Å². The third-order valence-corrected chi connectivity index (χ3v) is 7.02. The number of fused-ring (bicyclic) bond motifs is 1. The molecule has 1 amide bonds. The maximum atomic E-state index is 13.5. The second-order valence-electron chi connectivity index (χ2n) is 8.79. The fraction of sp³-hybridized carbons (Fsp3) is 0.0667. The van der Waals surface area contributed by atoms with Crippen molar-refractivity contribution in [3.8, 4) is 0 Å². The van der Waals surface area contributed by atoms with Gasteiger partial charge in [0.15, 0.2) is 10.9 Å². The van der Waals surface area contributed by atoms with E-state index in [9.17, 15) is 9.59 Å². The van der Waals surface area contributed by atoms with Crippen LogP contribution in [0, 0.1) is 0 Å². The first-order valence-corrected chi connectivity index (χ1v) is 13.2. The Hall–Kier alpha value is -4.04. The molecule has 0 aromatic heterocycles. The van der Waals surface area contributed by atoms with Crippen LogP contribution in [0.2, 0.25) is 10.0 Å². The first-order chi connectivity index (χ1) is 18.8. The summed E-state index contributed by atoms with van der Waals surface area (Å²) in [6.45, 7) is 0. The summed E-state index contributed by atoms with van der Waals surface area (Å²) in [6.07, 6.45) is -1.04. The molecule has 4 aromatic rings. The van der Waals surface area contributed by atoms with Crippen LogP contribution < -0.4 is 15.5 Å². The van der Waals surface area contributed by atoms with Crippen molar-refractivity contribution in [2.24, 2.45) is 4.99 Å². The molecule has 0 saturated heterocycles. The molecule has 1 aliphatic heterocycles. The summed E-state index contributed by atoms with van der Waals surface area (Å²) in [6, 6.07) is 28.6. The van der Waals surface area contributed by atoms with E-state index in [2.05, 4.69) is 10.6 Å². The molecular formula is C30H22Cl2N4O2S. The number of aliphatic imine (C=N–C) groups is 1. The van der Waals surface area contributed by atoms with Gasteiger partial charge in [0, 0.05) is 45.0 Å². The van der Waals surface area contributed by atoms with Crippen molar-refractivity contribution in [3.05, 3.63) is 129 Å². The second kappa shape index (κ2) is 11.4. The van der Waals surface area contributed by atoms with Gasteiger partial charge >= 0.3 is 0 Å². The largest absolute Gasteiger partial charge is 0.333 e. The molecule has 1 aliphatic rings. The smallest absolute Gasteiger partial charge is 0.272 e. The van der Waals surface area contributed by atoms with Crippen LogP contribution in [0.15, 0.2) is 102 Å². The number of hydrogen-bond donors (Lipinski definition) is 2. The number of amides is 1. The molecule has 1 heterocycles. The number of benzodiazepines with no additional fused rings is 1. The molecule has 5 rings (SSSR count). The quantitative estimate of drug-likeness (QED) is 0.215. The van der Waals surface area contributed by atoms with Gasteiger partial charge in [-0.1, -0.05) is 71.7 Å². The molecule has 194 valence electrons. The maximum absolute atomic E-state index is 13.5. The summed E-state index contributed by atoms with van der Waals surface area (Å²) in [7, 11) is 1.67. The zero-order valence-electron chi connectivity index (χ0n) is 20.7. The molecule has 6 nitrogen and oxygen atoms in total. The van der Waals surface area contributed by atoms with Gasteiger partial charge in [-0.25, -0.2) is 4.99 Å². The third kappa shape index (κ3) is 5.71. The van der Waals surface area contributed by atoms with Gasteiger partial charge < -0.3 is 15.5 Å². The summed E-state index contributed by atoms with van der Waals surface area (Å²) in [5, 5.41) is 7.27. The Morgan fingerprint density at radius 3 is 2.26 bits per heavy atom. The number of ketones is 1. The standard InChI is InChI=1S/C30H22Cl2N4O2S/c1-36-25-16-13-20(31)17-23(25)26(22-9-5-6-10-24(22)32)34-28(29(36)38)35-30(39)33-21-14-11-19(12-15-21)27(37)18-7-3-2-4-8-18/h2-17,28H,1H3,(H2,33,35,39). The lowest BCUT2D eigenvalue weighted by Crippen LogP contribution is -2.47. The van der Waals surface area contributed by atoms with Crippen LogP contribution in [0.5, 0.6) is 0 Å². The van der Waals surface area contributed by atoms with Gasteiger partial charge in [-0.15, -0.1) is 0 Å². The van der Waals surface area contributed by atoms with E-state index >= 15 is 0 Å². The first kappa shape index (κ1) is 26.6. The van der Waals surface area contributed by atoms with E-state index in [1.54, 1.807) is 67.7 Å².